The standard InChI is InChI=1S/C7H18IP/c1-6-9(4,5,8)7(2)3/h7H,6H2,1-5H3. The van der Waals surface area contributed by atoms with E-state index in [0.717, 1.165) is 5.66 Å². The van der Waals surface area contributed by atoms with Crippen molar-refractivity contribution in [3.05, 3.63) is 0 Å². The van der Waals surface area contributed by atoms with Gasteiger partial charge in [-0.1, -0.05) is 0 Å². The third-order valence-corrected chi connectivity index (χ3v) is 13.0. The van der Waals surface area contributed by atoms with Crippen LogP contribution >= 0.6 is 26.3 Å². The summed E-state index contributed by atoms with van der Waals surface area (Å²) in [5, 5.41) is 0. The van der Waals surface area contributed by atoms with E-state index in [4.69, 9.17) is 0 Å². The Hall–Kier alpha value is 1.16. The summed E-state index contributed by atoms with van der Waals surface area (Å²) in [6.45, 7) is 11.9. The van der Waals surface area contributed by atoms with Crippen molar-refractivity contribution in [2.45, 2.75) is 26.4 Å². The first-order valence-electron chi connectivity index (χ1n) is 3.50. The molecule has 0 N–H and O–H groups in total. The molecule has 58 valence electrons. The predicted molar refractivity (Wildman–Crippen MR) is 58.5 cm³/mol. The van der Waals surface area contributed by atoms with E-state index in [1.165, 1.54) is 6.16 Å². The zero-order valence-corrected chi connectivity index (χ0v) is 10.2. The molecule has 0 amide bonds. The molecule has 0 aliphatic rings. The summed E-state index contributed by atoms with van der Waals surface area (Å²) < 4.78 is -1.24. The quantitative estimate of drug-likeness (QED) is 0.526. The fraction of sp³-hybridized carbons (Fsp3) is 1.00. The molecule has 0 atom stereocenters. The van der Waals surface area contributed by atoms with Crippen LogP contribution in [0.4, 0.5) is 0 Å². The van der Waals surface area contributed by atoms with Crippen LogP contribution in [0.3, 0.4) is 0 Å². The van der Waals surface area contributed by atoms with Gasteiger partial charge in [-0.2, -0.15) is 0 Å². The van der Waals surface area contributed by atoms with Gasteiger partial charge in [0.1, 0.15) is 0 Å². The summed E-state index contributed by atoms with van der Waals surface area (Å²) in [4.78, 5) is 0. The van der Waals surface area contributed by atoms with Crippen molar-refractivity contribution in [2.75, 3.05) is 19.5 Å². The van der Waals surface area contributed by atoms with E-state index >= 15 is 0 Å². The Balaban J connectivity index is 4.30. The third kappa shape index (κ3) is 2.71. The van der Waals surface area contributed by atoms with Crippen molar-refractivity contribution in [1.82, 2.24) is 0 Å². The summed E-state index contributed by atoms with van der Waals surface area (Å²) in [6.07, 6.45) is 1.36. The number of hydrogen-bond acceptors (Lipinski definition) is 0. The Bertz CT molecular complexity index is 99.2. The fourth-order valence-electron chi connectivity index (χ4n) is 0.365. The molecule has 0 bridgehead atoms. The molecule has 0 saturated heterocycles. The van der Waals surface area contributed by atoms with E-state index < -0.39 is 4.25 Å². The number of rotatable bonds is 2. The Morgan fingerprint density at radius 2 is 1.67 bits per heavy atom. The summed E-state index contributed by atoms with van der Waals surface area (Å²) >= 11 is 2.69. The molecule has 0 nitrogen and oxygen atoms in total. The van der Waals surface area contributed by atoms with Gasteiger partial charge in [0.15, 0.2) is 0 Å². The van der Waals surface area contributed by atoms with Crippen LogP contribution in [0.15, 0.2) is 0 Å². The van der Waals surface area contributed by atoms with Gasteiger partial charge in [-0.15, -0.1) is 0 Å². The second kappa shape index (κ2) is 2.65. The molecule has 0 aromatic rings. The molecule has 0 aromatic heterocycles. The maximum absolute atomic E-state index is 2.69. The second-order valence-electron chi connectivity index (χ2n) is 3.74. The van der Waals surface area contributed by atoms with Crippen molar-refractivity contribution in [3.8, 4) is 0 Å². The van der Waals surface area contributed by atoms with Crippen LogP contribution in [0.2, 0.25) is 0 Å². The predicted octanol–water partition coefficient (Wildman–Crippen LogP) is 3.58. The summed E-state index contributed by atoms with van der Waals surface area (Å²) in [6, 6.07) is 0. The third-order valence-electron chi connectivity index (χ3n) is 2.53. The van der Waals surface area contributed by atoms with Gasteiger partial charge in [0.2, 0.25) is 0 Å². The Kier molecular flexibility index (Phi) is 3.00. The second-order valence-corrected chi connectivity index (χ2v) is 19.6. The Morgan fingerprint density at radius 3 is 1.67 bits per heavy atom. The van der Waals surface area contributed by atoms with E-state index in [0.29, 0.717) is 0 Å². The molecular formula is C7H18IP. The molecule has 0 aliphatic heterocycles. The molecule has 0 unspecified atom stereocenters. The monoisotopic (exact) mass is 260 g/mol. The molecule has 0 saturated carbocycles. The molecule has 0 aliphatic carbocycles. The summed E-state index contributed by atoms with van der Waals surface area (Å²) in [5.41, 5.74) is 0.876. The van der Waals surface area contributed by atoms with Gasteiger partial charge in [-0.25, -0.2) is 0 Å². The molecule has 0 spiro atoms. The first-order chi connectivity index (χ1) is 3.78. The topological polar surface area (TPSA) is 0 Å². The van der Waals surface area contributed by atoms with Gasteiger partial charge in [-0.05, 0) is 0 Å². The molecule has 9 heavy (non-hydrogen) atoms. The SMILES string of the molecule is CCP(C)(C)(I)C(C)C. The first-order valence-corrected chi connectivity index (χ1v) is 9.67. The van der Waals surface area contributed by atoms with Crippen LogP contribution in [-0.2, 0) is 0 Å². The molecular weight excluding hydrogens is 242 g/mol. The van der Waals surface area contributed by atoms with Gasteiger partial charge in [-0.3, -0.25) is 0 Å². The van der Waals surface area contributed by atoms with E-state index in [-0.39, 0.29) is 0 Å². The molecule has 0 aromatic carbocycles. The average Bonchev–Trinajstić information content (AvgIpc) is 1.66. The van der Waals surface area contributed by atoms with Crippen LogP contribution in [0.1, 0.15) is 20.8 Å². The van der Waals surface area contributed by atoms with E-state index in [9.17, 15) is 0 Å². The van der Waals surface area contributed by atoms with Gasteiger partial charge in [0.05, 0.1) is 0 Å². The van der Waals surface area contributed by atoms with Crippen LogP contribution in [-0.4, -0.2) is 25.2 Å². The van der Waals surface area contributed by atoms with E-state index in [1.807, 2.05) is 0 Å². The average molecular weight is 260 g/mol. The van der Waals surface area contributed by atoms with Crippen molar-refractivity contribution >= 4 is 26.3 Å². The van der Waals surface area contributed by atoms with Gasteiger partial charge in [0.25, 0.3) is 0 Å². The number of hydrogen-bond donors (Lipinski definition) is 0. The first kappa shape index (κ1) is 10.2. The zero-order valence-electron chi connectivity index (χ0n) is 7.11. The molecule has 0 rings (SSSR count). The van der Waals surface area contributed by atoms with Gasteiger partial charge < -0.3 is 0 Å². The maximum atomic E-state index is 2.69. The molecule has 0 fully saturated rings. The zero-order chi connectivity index (χ0) is 7.73. The van der Waals surface area contributed by atoms with E-state index in [1.54, 1.807) is 0 Å². The summed E-state index contributed by atoms with van der Waals surface area (Å²) in [7, 11) is 0. The van der Waals surface area contributed by atoms with Crippen LogP contribution in [0.25, 0.3) is 0 Å². The molecule has 0 radical (unpaired) electrons. The van der Waals surface area contributed by atoms with Crippen LogP contribution in [0, 0.1) is 0 Å². The Morgan fingerprint density at radius 1 is 1.33 bits per heavy atom. The van der Waals surface area contributed by atoms with Gasteiger partial charge >= 0.3 is 72.2 Å². The van der Waals surface area contributed by atoms with Gasteiger partial charge in [0, 0.05) is 0 Å². The van der Waals surface area contributed by atoms with Crippen molar-refractivity contribution in [2.24, 2.45) is 0 Å². The van der Waals surface area contributed by atoms with E-state index in [2.05, 4.69) is 56.1 Å². The minimum atomic E-state index is -1.24. The van der Waals surface area contributed by atoms with Crippen LogP contribution in [0.5, 0.6) is 0 Å². The molecule has 2 heteroatoms. The normalized spacial score (nSPS) is 17.4. The summed E-state index contributed by atoms with van der Waals surface area (Å²) in [5.74, 6) is 0. The van der Waals surface area contributed by atoms with Crippen molar-refractivity contribution < 1.29 is 0 Å². The van der Waals surface area contributed by atoms with Crippen LogP contribution < -0.4 is 0 Å². The molecule has 0 heterocycles. The minimum absolute atomic E-state index is 0.876. The van der Waals surface area contributed by atoms with Crippen molar-refractivity contribution in [3.63, 3.8) is 0 Å². The Labute approximate surface area is 72.2 Å². The fourth-order valence-corrected chi connectivity index (χ4v) is 1.10. The van der Waals surface area contributed by atoms with Crippen molar-refractivity contribution in [1.29, 1.82) is 0 Å². The number of halogens is 1.